The third kappa shape index (κ3) is 3.04. The maximum absolute atomic E-state index is 13.6. The molecule has 6 heteroatoms. The Morgan fingerprint density at radius 2 is 1.95 bits per heavy atom. The van der Waals surface area contributed by atoms with Gasteiger partial charge in [0.2, 0.25) is 0 Å². The smallest absolute Gasteiger partial charge is 0.149 e. The Bertz CT molecular complexity index is 496. The van der Waals surface area contributed by atoms with Gasteiger partial charge in [-0.1, -0.05) is 6.07 Å². The lowest BCUT2D eigenvalue weighted by atomic mass is 9.85. The number of halogens is 1. The van der Waals surface area contributed by atoms with E-state index in [0.717, 1.165) is 57.8 Å². The predicted molar refractivity (Wildman–Crippen MR) is 83.2 cm³/mol. The minimum Gasteiger partial charge on any atom is -0.505 e. The number of rotatable bonds is 3. The van der Waals surface area contributed by atoms with E-state index >= 15 is 0 Å². The topological polar surface area (TPSA) is 70.8 Å². The molecule has 2 aliphatic heterocycles. The molecule has 0 spiro atoms. The highest BCUT2D eigenvalue weighted by Gasteiger charge is 2.33. The summed E-state index contributed by atoms with van der Waals surface area (Å²) in [6.45, 7) is 5.17. The Hall–Kier alpha value is -1.37. The number of phenols is 1. The summed E-state index contributed by atoms with van der Waals surface area (Å²) in [5.41, 5.74) is 6.29. The zero-order chi connectivity index (χ0) is 15.5. The Balaban J connectivity index is 1.94. The summed E-state index contributed by atoms with van der Waals surface area (Å²) >= 11 is 0. The van der Waals surface area contributed by atoms with Gasteiger partial charge in [-0.05, 0) is 24.8 Å². The number of aromatic hydroxyl groups is 1. The molecule has 2 fully saturated rings. The van der Waals surface area contributed by atoms with Crippen LogP contribution in [0.25, 0.3) is 0 Å². The van der Waals surface area contributed by atoms with Gasteiger partial charge < -0.3 is 20.9 Å². The molecular formula is C16H24FN3O2. The van der Waals surface area contributed by atoms with Gasteiger partial charge in [0.05, 0.1) is 0 Å². The molecule has 4 N–H and O–H groups in total. The Morgan fingerprint density at radius 1 is 1.27 bits per heavy atom. The summed E-state index contributed by atoms with van der Waals surface area (Å²) in [5.74, 6) is -0.273. The highest BCUT2D eigenvalue weighted by molar-refractivity contribution is 5.58. The van der Waals surface area contributed by atoms with Gasteiger partial charge in [0.1, 0.15) is 17.3 Å². The van der Waals surface area contributed by atoms with Gasteiger partial charge in [-0.15, -0.1) is 0 Å². The summed E-state index contributed by atoms with van der Waals surface area (Å²) in [7, 11) is 0. The van der Waals surface area contributed by atoms with Crippen LogP contribution >= 0.6 is 0 Å². The maximum Gasteiger partial charge on any atom is 0.149 e. The third-order valence-corrected chi connectivity index (χ3v) is 4.77. The van der Waals surface area contributed by atoms with Crippen LogP contribution in [-0.4, -0.2) is 49.4 Å². The molecule has 0 aliphatic carbocycles. The maximum atomic E-state index is 13.6. The molecule has 22 heavy (non-hydrogen) atoms. The van der Waals surface area contributed by atoms with Crippen molar-refractivity contribution in [2.24, 2.45) is 5.92 Å². The zero-order valence-electron chi connectivity index (χ0n) is 12.7. The minimum atomic E-state index is -0.563. The van der Waals surface area contributed by atoms with Gasteiger partial charge in [-0.3, -0.25) is 4.90 Å². The van der Waals surface area contributed by atoms with Crippen molar-refractivity contribution in [1.29, 1.82) is 0 Å². The molecule has 0 aromatic heterocycles. The number of ether oxygens (including phenoxy) is 1. The second-order valence-electron chi connectivity index (χ2n) is 6.08. The lowest BCUT2D eigenvalue weighted by Gasteiger charge is -2.41. The number of nitrogen functional groups attached to an aromatic ring is 1. The van der Waals surface area contributed by atoms with Gasteiger partial charge in [0.25, 0.3) is 0 Å². The Morgan fingerprint density at radius 3 is 2.64 bits per heavy atom. The molecule has 0 amide bonds. The predicted octanol–water partition coefficient (Wildman–Crippen LogP) is 1.49. The van der Waals surface area contributed by atoms with Crippen LogP contribution in [0.15, 0.2) is 12.1 Å². The van der Waals surface area contributed by atoms with Crippen LogP contribution in [0.3, 0.4) is 0 Å². The van der Waals surface area contributed by atoms with Crippen LogP contribution in [0.2, 0.25) is 0 Å². The lowest BCUT2D eigenvalue weighted by molar-refractivity contribution is 0.0206. The molecule has 2 saturated heterocycles. The van der Waals surface area contributed by atoms with Gasteiger partial charge in [0.15, 0.2) is 0 Å². The minimum absolute atomic E-state index is 0.0638. The molecule has 5 nitrogen and oxygen atoms in total. The first kappa shape index (κ1) is 15.5. The van der Waals surface area contributed by atoms with Crippen molar-refractivity contribution in [1.82, 2.24) is 10.2 Å². The van der Waals surface area contributed by atoms with Gasteiger partial charge in [-0.2, -0.15) is 0 Å². The van der Waals surface area contributed by atoms with Crippen LogP contribution in [-0.2, 0) is 4.74 Å². The number of nitrogens with zero attached hydrogens (tertiary/aromatic N) is 1. The van der Waals surface area contributed by atoms with E-state index in [0.29, 0.717) is 5.92 Å². The number of nitrogens with two attached hydrogens (primary N) is 1. The monoisotopic (exact) mass is 309 g/mol. The van der Waals surface area contributed by atoms with Crippen molar-refractivity contribution in [3.8, 4) is 5.75 Å². The molecule has 1 atom stereocenters. The summed E-state index contributed by atoms with van der Waals surface area (Å²) in [6.07, 6.45) is 1.90. The van der Waals surface area contributed by atoms with Crippen LogP contribution < -0.4 is 11.1 Å². The van der Waals surface area contributed by atoms with Gasteiger partial charge >= 0.3 is 0 Å². The molecule has 1 aromatic rings. The van der Waals surface area contributed by atoms with Crippen molar-refractivity contribution in [3.05, 3.63) is 23.5 Å². The van der Waals surface area contributed by atoms with Gasteiger partial charge in [-0.25, -0.2) is 4.39 Å². The fourth-order valence-corrected chi connectivity index (χ4v) is 3.58. The first-order valence-corrected chi connectivity index (χ1v) is 7.98. The average molecular weight is 309 g/mol. The van der Waals surface area contributed by atoms with E-state index in [-0.39, 0.29) is 17.5 Å². The van der Waals surface area contributed by atoms with Crippen LogP contribution in [0.1, 0.15) is 24.4 Å². The van der Waals surface area contributed by atoms with E-state index in [1.54, 1.807) is 6.07 Å². The van der Waals surface area contributed by atoms with E-state index in [1.165, 1.54) is 6.07 Å². The van der Waals surface area contributed by atoms with Gasteiger partial charge in [0, 0.05) is 51.0 Å². The summed E-state index contributed by atoms with van der Waals surface area (Å²) in [6, 6.07) is 3.11. The van der Waals surface area contributed by atoms with Crippen molar-refractivity contribution >= 4 is 5.69 Å². The molecule has 2 aliphatic rings. The first-order valence-electron chi connectivity index (χ1n) is 7.98. The molecule has 1 aromatic carbocycles. The van der Waals surface area contributed by atoms with Crippen molar-refractivity contribution in [2.75, 3.05) is 45.1 Å². The lowest BCUT2D eigenvalue weighted by Crippen LogP contribution is -2.47. The molecule has 0 bridgehead atoms. The number of benzene rings is 1. The van der Waals surface area contributed by atoms with E-state index in [2.05, 4.69) is 10.2 Å². The highest BCUT2D eigenvalue weighted by atomic mass is 19.1. The number of nitrogens with one attached hydrogen (secondary N) is 1. The van der Waals surface area contributed by atoms with E-state index < -0.39 is 5.82 Å². The van der Waals surface area contributed by atoms with Crippen molar-refractivity contribution in [2.45, 2.75) is 18.9 Å². The number of hydrogen-bond donors (Lipinski definition) is 3. The molecule has 0 unspecified atom stereocenters. The van der Waals surface area contributed by atoms with E-state index in [4.69, 9.17) is 10.5 Å². The molecule has 2 heterocycles. The number of phenolic OH excluding ortho intramolecular Hbond substituents is 1. The molecular weight excluding hydrogens is 285 g/mol. The Kier molecular flexibility index (Phi) is 4.81. The zero-order valence-corrected chi connectivity index (χ0v) is 12.7. The summed E-state index contributed by atoms with van der Waals surface area (Å²) in [5, 5.41) is 13.7. The molecule has 0 saturated carbocycles. The highest BCUT2D eigenvalue weighted by Crippen LogP contribution is 2.41. The molecule has 122 valence electrons. The fourth-order valence-electron chi connectivity index (χ4n) is 3.58. The standard InChI is InChI=1S/C16H24FN3O2/c17-13-2-1-12(16(21)14(13)18)15(11-3-9-22-10-4-11)20-7-5-19-6-8-20/h1-2,11,15,19,21H,3-10,18H2/t15-/m1/s1. The fraction of sp³-hybridized carbons (Fsp3) is 0.625. The van der Waals surface area contributed by atoms with Crippen LogP contribution in [0.5, 0.6) is 5.75 Å². The molecule has 0 radical (unpaired) electrons. The quantitative estimate of drug-likeness (QED) is 0.583. The first-order chi connectivity index (χ1) is 10.7. The second-order valence-corrected chi connectivity index (χ2v) is 6.08. The van der Waals surface area contributed by atoms with E-state index in [1.807, 2.05) is 0 Å². The number of hydrogen-bond acceptors (Lipinski definition) is 5. The second kappa shape index (κ2) is 6.81. The number of piperazine rings is 1. The average Bonchev–Trinajstić information content (AvgIpc) is 2.57. The van der Waals surface area contributed by atoms with Crippen LogP contribution in [0, 0.1) is 11.7 Å². The van der Waals surface area contributed by atoms with Crippen molar-refractivity contribution < 1.29 is 14.2 Å². The Labute approximate surface area is 130 Å². The normalized spacial score (nSPS) is 22.6. The third-order valence-electron chi connectivity index (χ3n) is 4.77. The van der Waals surface area contributed by atoms with E-state index in [9.17, 15) is 9.50 Å². The number of anilines is 1. The van der Waals surface area contributed by atoms with Crippen molar-refractivity contribution in [3.63, 3.8) is 0 Å². The summed E-state index contributed by atoms with van der Waals surface area (Å²) in [4.78, 5) is 2.37. The largest absolute Gasteiger partial charge is 0.505 e. The summed E-state index contributed by atoms with van der Waals surface area (Å²) < 4.78 is 19.0. The SMILES string of the molecule is Nc1c(F)ccc([C@@H](C2CCOCC2)N2CCNCC2)c1O. The van der Waals surface area contributed by atoms with Crippen LogP contribution in [0.4, 0.5) is 10.1 Å². The molecule has 3 rings (SSSR count).